The molecule has 25 nitrogen and oxygen atoms in total. The van der Waals surface area contributed by atoms with E-state index in [1.54, 1.807) is 32.9 Å². The van der Waals surface area contributed by atoms with Crippen molar-refractivity contribution in [2.45, 2.75) is 32.2 Å². The Kier molecular flexibility index (Phi) is 27.0. The van der Waals surface area contributed by atoms with Crippen LogP contribution in [-0.4, -0.2) is 242 Å². The van der Waals surface area contributed by atoms with Gasteiger partial charge in [0.1, 0.15) is 6.61 Å². The number of carboxylic acids is 4. The molecule has 0 unspecified atom stereocenters. The number of nitrogens with one attached hydrogen (secondary N) is 3. The largest absolute Gasteiger partial charge is 0.481 e. The summed E-state index contributed by atoms with van der Waals surface area (Å²) in [4.78, 5) is 128. The number of nitrogens with zero attached hydrogens (tertiary/aromatic N) is 5. The Hall–Kier alpha value is -6.22. The van der Waals surface area contributed by atoms with Crippen LogP contribution >= 0.6 is 0 Å². The zero-order chi connectivity index (χ0) is 51.3. The Labute approximate surface area is 405 Å². The van der Waals surface area contributed by atoms with E-state index in [1.165, 1.54) is 18.2 Å². The SMILES string of the molecule is O=C(O)CN1CCN(CC(=O)O)CCN(CC(=O)NCCOCCOCCOCC(=O)NCc2cccc(C(=O)NCC(=O)C[C@@H](CCCCN3C(=O)C=CC3=O)C(=O)O)c2)CCN(CC(=O)O)CC1. The number of amides is 5. The fourth-order valence-electron chi connectivity index (χ4n) is 7.24. The smallest absolute Gasteiger partial charge is 0.317 e. The molecule has 0 radical (unpaired) electrons. The van der Waals surface area contributed by atoms with Gasteiger partial charge in [-0.05, 0) is 30.5 Å². The van der Waals surface area contributed by atoms with E-state index in [9.17, 15) is 68.4 Å². The Morgan fingerprint density at radius 1 is 0.600 bits per heavy atom. The summed E-state index contributed by atoms with van der Waals surface area (Å²) >= 11 is 0. The van der Waals surface area contributed by atoms with Crippen molar-refractivity contribution in [1.29, 1.82) is 0 Å². The fraction of sp³-hybridized carbons (Fsp3) is 0.600. The second-order valence-corrected chi connectivity index (χ2v) is 16.5. The second kappa shape index (κ2) is 32.6. The van der Waals surface area contributed by atoms with E-state index in [4.69, 9.17) is 14.2 Å². The van der Waals surface area contributed by atoms with E-state index < -0.39 is 59.2 Å². The minimum absolute atomic E-state index is 0.0223. The molecule has 0 bridgehead atoms. The number of imide groups is 1. The summed E-state index contributed by atoms with van der Waals surface area (Å²) in [6.07, 6.45) is 2.95. The van der Waals surface area contributed by atoms with E-state index in [-0.39, 0.29) is 156 Å². The van der Waals surface area contributed by atoms with Crippen LogP contribution in [0.25, 0.3) is 0 Å². The van der Waals surface area contributed by atoms with Crippen molar-refractivity contribution in [2.75, 3.05) is 138 Å². The first-order chi connectivity index (χ1) is 33.5. The molecule has 1 fully saturated rings. The minimum atomic E-state index is -1.16. The Balaban J connectivity index is 1.25. The van der Waals surface area contributed by atoms with Crippen molar-refractivity contribution in [3.05, 3.63) is 47.5 Å². The summed E-state index contributed by atoms with van der Waals surface area (Å²) in [6, 6.07) is 6.37. The average molecular weight is 991 g/mol. The highest BCUT2D eigenvalue weighted by molar-refractivity contribution is 6.12. The molecule has 1 atom stereocenters. The molecule has 2 aliphatic heterocycles. The Bertz CT molecular complexity index is 1920. The molecular weight excluding hydrogens is 925 g/mol. The molecule has 0 saturated carbocycles. The summed E-state index contributed by atoms with van der Waals surface area (Å²) in [5, 5.41) is 45.7. The predicted octanol–water partition coefficient (Wildman–Crippen LogP) is -2.57. The standard InChI is InChI=1S/C45H66N8O17/c54-36(25-35(45(66)67)5-1-2-10-53-39(57)7-8-40(53)58)27-48-44(65)34-6-3-4-33(24-34)26-47-38(56)32-70-23-22-69-21-20-68-19-9-46-37(55)28-49-11-13-50(29-41(59)60)15-17-52(31-43(63)64)18-16-51(14-12-49)30-42(61)62/h3-4,6-8,24,35H,1-2,5,9-23,25-32H2,(H,46,55)(H,47,56)(H,48,65)(H,59,60)(H,61,62)(H,63,64)(H,66,67)/t35-/m1/s1. The van der Waals surface area contributed by atoms with Crippen molar-refractivity contribution in [3.63, 3.8) is 0 Å². The number of hydrogen-bond donors (Lipinski definition) is 7. The third-order valence-corrected chi connectivity index (χ3v) is 11.0. The van der Waals surface area contributed by atoms with Crippen LogP contribution in [0, 0.1) is 5.92 Å². The molecular formula is C45H66N8O17. The number of carbonyl (C=O) groups is 10. The van der Waals surface area contributed by atoms with Crippen molar-refractivity contribution >= 4 is 59.2 Å². The van der Waals surface area contributed by atoms with E-state index in [0.717, 1.165) is 4.90 Å². The Morgan fingerprint density at radius 2 is 1.11 bits per heavy atom. The quantitative estimate of drug-likeness (QED) is 0.0288. The third kappa shape index (κ3) is 24.9. The first-order valence-electron chi connectivity index (χ1n) is 23.0. The first-order valence-corrected chi connectivity index (χ1v) is 23.0. The molecule has 2 aliphatic rings. The number of ketones is 1. The van der Waals surface area contributed by atoms with Gasteiger partial charge in [0, 0.05) is 96.1 Å². The van der Waals surface area contributed by atoms with Crippen LogP contribution in [0.1, 0.15) is 41.6 Å². The molecule has 25 heteroatoms. The monoisotopic (exact) mass is 990 g/mol. The van der Waals surface area contributed by atoms with Gasteiger partial charge in [0.2, 0.25) is 11.8 Å². The number of carbonyl (C=O) groups excluding carboxylic acids is 6. The number of ether oxygens (including phenoxy) is 3. The van der Waals surface area contributed by atoms with Gasteiger partial charge in [-0.3, -0.25) is 72.4 Å². The van der Waals surface area contributed by atoms with Gasteiger partial charge in [-0.2, -0.15) is 0 Å². The first kappa shape index (κ1) is 58.1. The van der Waals surface area contributed by atoms with Crippen molar-refractivity contribution < 1.29 is 82.6 Å². The lowest BCUT2D eigenvalue weighted by molar-refractivity contribution is -0.144. The zero-order valence-electron chi connectivity index (χ0n) is 39.3. The molecule has 70 heavy (non-hydrogen) atoms. The van der Waals surface area contributed by atoms with Gasteiger partial charge in [-0.15, -0.1) is 0 Å². The molecule has 1 saturated heterocycles. The van der Waals surface area contributed by atoms with Crippen LogP contribution in [-0.2, 0) is 63.9 Å². The van der Waals surface area contributed by atoms with Crippen LogP contribution in [0.2, 0.25) is 0 Å². The summed E-state index contributed by atoms with van der Waals surface area (Å²) in [7, 11) is 0. The minimum Gasteiger partial charge on any atom is -0.481 e. The molecule has 7 N–H and O–H groups in total. The normalized spacial score (nSPS) is 16.0. The highest BCUT2D eigenvalue weighted by atomic mass is 16.5. The van der Waals surface area contributed by atoms with E-state index in [2.05, 4.69) is 16.0 Å². The lowest BCUT2D eigenvalue weighted by atomic mass is 9.96. The van der Waals surface area contributed by atoms with Crippen LogP contribution in [0.4, 0.5) is 0 Å². The van der Waals surface area contributed by atoms with E-state index in [0.29, 0.717) is 31.5 Å². The predicted molar refractivity (Wildman–Crippen MR) is 245 cm³/mol. The van der Waals surface area contributed by atoms with E-state index >= 15 is 0 Å². The fourth-order valence-corrected chi connectivity index (χ4v) is 7.24. The van der Waals surface area contributed by atoms with Crippen LogP contribution in [0.5, 0.6) is 0 Å². The van der Waals surface area contributed by atoms with Gasteiger partial charge in [0.15, 0.2) is 5.78 Å². The van der Waals surface area contributed by atoms with Gasteiger partial charge in [0.25, 0.3) is 17.7 Å². The van der Waals surface area contributed by atoms with Crippen LogP contribution in [0.15, 0.2) is 36.4 Å². The summed E-state index contributed by atoms with van der Waals surface area (Å²) in [5.41, 5.74) is 0.830. The summed E-state index contributed by atoms with van der Waals surface area (Å²) in [6.45, 7) is 2.19. The molecule has 388 valence electrons. The van der Waals surface area contributed by atoms with E-state index in [1.807, 2.05) is 4.90 Å². The molecule has 0 aromatic heterocycles. The topological polar surface area (TPSA) is 332 Å². The molecule has 3 rings (SSSR count). The lowest BCUT2D eigenvalue weighted by Crippen LogP contribution is -2.50. The molecule has 0 aliphatic carbocycles. The molecule has 2 heterocycles. The van der Waals surface area contributed by atoms with Gasteiger partial charge < -0.3 is 50.6 Å². The number of rotatable bonds is 32. The summed E-state index contributed by atoms with van der Waals surface area (Å²) < 4.78 is 16.4. The second-order valence-electron chi connectivity index (χ2n) is 16.5. The maximum Gasteiger partial charge on any atom is 0.317 e. The maximum absolute atomic E-state index is 12.8. The molecule has 5 amide bonds. The zero-order valence-corrected chi connectivity index (χ0v) is 39.3. The van der Waals surface area contributed by atoms with Crippen LogP contribution < -0.4 is 16.0 Å². The summed E-state index contributed by atoms with van der Waals surface area (Å²) in [5.74, 6) is -7.88. The van der Waals surface area contributed by atoms with Crippen molar-refractivity contribution in [2.24, 2.45) is 5.92 Å². The van der Waals surface area contributed by atoms with Crippen molar-refractivity contribution in [3.8, 4) is 0 Å². The third-order valence-electron chi connectivity index (χ3n) is 11.0. The number of carboxylic acid groups (broad SMARTS) is 4. The highest BCUT2D eigenvalue weighted by Gasteiger charge is 2.25. The Morgan fingerprint density at radius 3 is 1.64 bits per heavy atom. The lowest BCUT2D eigenvalue weighted by Gasteiger charge is -2.32. The molecule has 1 aromatic carbocycles. The average Bonchev–Trinajstić information content (AvgIpc) is 3.63. The number of hydrogen-bond acceptors (Lipinski definition) is 17. The maximum atomic E-state index is 12.8. The number of Topliss-reactive ketones (excluding diaryl/α,β-unsaturated/α-hetero) is 1. The highest BCUT2D eigenvalue weighted by Crippen LogP contribution is 2.16. The number of aliphatic carboxylic acids is 4. The number of unbranched alkanes of at least 4 members (excludes halogenated alkanes) is 1. The van der Waals surface area contributed by atoms with Gasteiger partial charge >= 0.3 is 23.9 Å². The van der Waals surface area contributed by atoms with Crippen molar-refractivity contribution in [1.82, 2.24) is 40.4 Å². The van der Waals surface area contributed by atoms with Gasteiger partial charge in [0.05, 0.1) is 71.7 Å². The molecule has 0 spiro atoms. The molecule has 1 aromatic rings. The van der Waals surface area contributed by atoms with Gasteiger partial charge in [-0.25, -0.2) is 0 Å². The van der Waals surface area contributed by atoms with Gasteiger partial charge in [-0.1, -0.05) is 18.6 Å². The van der Waals surface area contributed by atoms with Crippen LogP contribution in [0.3, 0.4) is 0 Å². The number of benzene rings is 1.